The number of carbonyl (C=O) groups excluding carboxylic acids is 2. The summed E-state index contributed by atoms with van der Waals surface area (Å²) in [6, 6.07) is 1.30. The molecule has 0 aliphatic carbocycles. The molecule has 0 bridgehead atoms. The Balaban J connectivity index is 4.31. The Morgan fingerprint density at radius 1 is 1.47 bits per heavy atom. The average Bonchev–Trinajstić information content (AvgIpc) is 2.18. The molecule has 1 N–H and O–H groups in total. The molecule has 0 aliphatic heterocycles. The van der Waals surface area contributed by atoms with Gasteiger partial charge in [-0.05, 0) is 13.3 Å². The van der Waals surface area contributed by atoms with Crippen molar-refractivity contribution < 1.29 is 9.59 Å². The van der Waals surface area contributed by atoms with Crippen molar-refractivity contribution >= 4 is 11.8 Å². The van der Waals surface area contributed by atoms with Crippen LogP contribution in [0.4, 0.5) is 0 Å². The monoisotopic (exact) mass is 211 g/mol. The van der Waals surface area contributed by atoms with Crippen LogP contribution >= 0.6 is 0 Å². The molecule has 0 aromatic heterocycles. The van der Waals surface area contributed by atoms with Gasteiger partial charge in [0.05, 0.1) is 6.07 Å². The maximum Gasteiger partial charge on any atom is 0.244 e. The molecule has 0 rings (SSSR count). The van der Waals surface area contributed by atoms with E-state index >= 15 is 0 Å². The lowest BCUT2D eigenvalue weighted by Crippen LogP contribution is -2.46. The second kappa shape index (κ2) is 6.02. The number of carbonyl (C=O) groups is 2. The largest absolute Gasteiger partial charge is 0.347 e. The zero-order valence-electron chi connectivity index (χ0n) is 9.57. The zero-order chi connectivity index (χ0) is 12.0. The van der Waals surface area contributed by atoms with E-state index in [4.69, 9.17) is 5.26 Å². The highest BCUT2D eigenvalue weighted by atomic mass is 16.2. The van der Waals surface area contributed by atoms with Crippen LogP contribution in [0.5, 0.6) is 0 Å². The van der Waals surface area contributed by atoms with Crippen molar-refractivity contribution in [1.82, 2.24) is 10.2 Å². The summed E-state index contributed by atoms with van der Waals surface area (Å²) in [5.74, 6) is -1.25. The van der Waals surface area contributed by atoms with Gasteiger partial charge in [-0.2, -0.15) is 5.26 Å². The van der Waals surface area contributed by atoms with Crippen LogP contribution in [0.25, 0.3) is 0 Å². The molecule has 0 fully saturated rings. The third-order valence-electron chi connectivity index (χ3n) is 2.05. The van der Waals surface area contributed by atoms with Gasteiger partial charge in [-0.25, -0.2) is 0 Å². The molecule has 0 aliphatic rings. The number of likely N-dealkylation sites (N-methyl/N-ethyl adjacent to an activating group) is 1. The lowest BCUT2D eigenvalue weighted by atomic mass is 10.1. The van der Waals surface area contributed by atoms with Gasteiger partial charge in [-0.15, -0.1) is 0 Å². The Morgan fingerprint density at radius 3 is 2.33 bits per heavy atom. The summed E-state index contributed by atoms with van der Waals surface area (Å²) in [7, 11) is 3.24. The fourth-order valence-electron chi connectivity index (χ4n) is 1.10. The molecule has 2 unspecified atom stereocenters. The average molecular weight is 211 g/mol. The van der Waals surface area contributed by atoms with E-state index < -0.39 is 12.0 Å². The van der Waals surface area contributed by atoms with Gasteiger partial charge in [0.1, 0.15) is 12.0 Å². The smallest absolute Gasteiger partial charge is 0.244 e. The van der Waals surface area contributed by atoms with Crippen LogP contribution in [0.15, 0.2) is 0 Å². The highest BCUT2D eigenvalue weighted by Crippen LogP contribution is 2.01. The van der Waals surface area contributed by atoms with Gasteiger partial charge in [0.25, 0.3) is 0 Å². The van der Waals surface area contributed by atoms with E-state index in [1.165, 1.54) is 4.90 Å². The molecule has 0 aromatic carbocycles. The molecule has 84 valence electrons. The Morgan fingerprint density at radius 2 is 2.00 bits per heavy atom. The number of nitrogens with zero attached hydrogens (tertiary/aromatic N) is 2. The fraction of sp³-hybridized carbons (Fsp3) is 0.700. The van der Waals surface area contributed by atoms with Crippen molar-refractivity contribution in [3.63, 3.8) is 0 Å². The third kappa shape index (κ3) is 3.98. The molecule has 0 radical (unpaired) electrons. The Hall–Kier alpha value is -1.57. The van der Waals surface area contributed by atoms with Crippen molar-refractivity contribution in [2.75, 3.05) is 14.1 Å². The first-order chi connectivity index (χ1) is 6.93. The minimum atomic E-state index is -0.678. The highest BCUT2D eigenvalue weighted by molar-refractivity contribution is 5.88. The van der Waals surface area contributed by atoms with Crippen LogP contribution in [0.2, 0.25) is 0 Å². The van der Waals surface area contributed by atoms with E-state index in [1.54, 1.807) is 27.9 Å². The predicted molar refractivity (Wildman–Crippen MR) is 55.7 cm³/mol. The second-order valence-electron chi connectivity index (χ2n) is 3.55. The number of rotatable bonds is 4. The zero-order valence-corrected chi connectivity index (χ0v) is 9.57. The Labute approximate surface area is 90.0 Å². The van der Waals surface area contributed by atoms with Crippen molar-refractivity contribution in [2.24, 2.45) is 5.92 Å². The summed E-state index contributed by atoms with van der Waals surface area (Å²) >= 11 is 0. The molecular weight excluding hydrogens is 194 g/mol. The second-order valence-corrected chi connectivity index (χ2v) is 3.55. The van der Waals surface area contributed by atoms with Gasteiger partial charge in [0, 0.05) is 14.1 Å². The van der Waals surface area contributed by atoms with E-state index in [2.05, 4.69) is 5.32 Å². The summed E-state index contributed by atoms with van der Waals surface area (Å²) < 4.78 is 0. The summed E-state index contributed by atoms with van der Waals surface area (Å²) in [6.07, 6.45) is 0.450. The minimum absolute atomic E-state index is 0.184. The van der Waals surface area contributed by atoms with E-state index in [0.717, 1.165) is 0 Å². The van der Waals surface area contributed by atoms with Crippen LogP contribution in [0.3, 0.4) is 0 Å². The number of hydrogen-bond acceptors (Lipinski definition) is 3. The summed E-state index contributed by atoms with van der Waals surface area (Å²) in [5.41, 5.74) is 0. The van der Waals surface area contributed by atoms with Crippen LogP contribution in [0, 0.1) is 17.2 Å². The van der Waals surface area contributed by atoms with Gasteiger partial charge < -0.3 is 10.2 Å². The van der Waals surface area contributed by atoms with Crippen molar-refractivity contribution in [3.05, 3.63) is 0 Å². The molecule has 0 heterocycles. The third-order valence-corrected chi connectivity index (χ3v) is 2.05. The van der Waals surface area contributed by atoms with Crippen molar-refractivity contribution in [1.29, 1.82) is 5.26 Å². The Bertz CT molecular complexity index is 281. The van der Waals surface area contributed by atoms with E-state index in [-0.39, 0.29) is 11.8 Å². The van der Waals surface area contributed by atoms with Crippen LogP contribution in [-0.4, -0.2) is 36.9 Å². The maximum atomic E-state index is 11.4. The minimum Gasteiger partial charge on any atom is -0.347 e. The summed E-state index contributed by atoms with van der Waals surface area (Å²) in [6.45, 7) is 3.36. The summed E-state index contributed by atoms with van der Waals surface area (Å²) in [4.78, 5) is 24.2. The molecule has 2 amide bonds. The molecule has 5 heteroatoms. The molecular formula is C10H17N3O2. The number of nitrogens with one attached hydrogen (secondary N) is 1. The molecule has 0 aromatic rings. The molecule has 5 nitrogen and oxygen atoms in total. The van der Waals surface area contributed by atoms with Gasteiger partial charge in [-0.1, -0.05) is 6.92 Å². The van der Waals surface area contributed by atoms with Gasteiger partial charge >= 0.3 is 0 Å². The molecule has 0 spiro atoms. The SMILES string of the molecule is CCC(C#N)C(=O)NC(C)C(=O)N(C)C. The van der Waals surface area contributed by atoms with Crippen LogP contribution < -0.4 is 5.32 Å². The number of amides is 2. The van der Waals surface area contributed by atoms with Gasteiger partial charge in [-0.3, -0.25) is 9.59 Å². The van der Waals surface area contributed by atoms with E-state index in [1.807, 2.05) is 6.07 Å². The lowest BCUT2D eigenvalue weighted by molar-refractivity contribution is -0.134. The van der Waals surface area contributed by atoms with E-state index in [0.29, 0.717) is 6.42 Å². The first-order valence-electron chi connectivity index (χ1n) is 4.85. The highest BCUT2D eigenvalue weighted by Gasteiger charge is 2.21. The van der Waals surface area contributed by atoms with Gasteiger partial charge in [0.15, 0.2) is 0 Å². The van der Waals surface area contributed by atoms with Gasteiger partial charge in [0.2, 0.25) is 11.8 Å². The Kier molecular flexibility index (Phi) is 5.39. The molecule has 15 heavy (non-hydrogen) atoms. The van der Waals surface area contributed by atoms with E-state index in [9.17, 15) is 9.59 Å². The van der Waals surface area contributed by atoms with Crippen molar-refractivity contribution in [2.45, 2.75) is 26.3 Å². The maximum absolute atomic E-state index is 11.4. The topological polar surface area (TPSA) is 73.2 Å². The van der Waals surface area contributed by atoms with Crippen LogP contribution in [-0.2, 0) is 9.59 Å². The quantitative estimate of drug-likeness (QED) is 0.718. The number of nitriles is 1. The lowest BCUT2D eigenvalue weighted by Gasteiger charge is -2.18. The van der Waals surface area contributed by atoms with Crippen molar-refractivity contribution in [3.8, 4) is 6.07 Å². The fourth-order valence-corrected chi connectivity index (χ4v) is 1.10. The predicted octanol–water partition coefficient (Wildman–Crippen LogP) is 0.129. The molecule has 0 saturated carbocycles. The first kappa shape index (κ1) is 13.4. The summed E-state index contributed by atoms with van der Waals surface area (Å²) in [5, 5.41) is 11.2. The molecule has 2 atom stereocenters. The van der Waals surface area contributed by atoms with Crippen LogP contribution in [0.1, 0.15) is 20.3 Å². The standard InChI is InChI=1S/C10H17N3O2/c1-5-8(6-11)9(14)12-7(2)10(15)13(3)4/h7-8H,5H2,1-4H3,(H,12,14). The number of hydrogen-bond donors (Lipinski definition) is 1. The first-order valence-corrected chi connectivity index (χ1v) is 4.85. The normalized spacial score (nSPS) is 13.5. The molecule has 0 saturated heterocycles.